The van der Waals surface area contributed by atoms with Crippen LogP contribution in [0.15, 0.2) is 18.2 Å². The summed E-state index contributed by atoms with van der Waals surface area (Å²) in [5, 5.41) is -0.648. The lowest BCUT2D eigenvalue weighted by Gasteiger charge is -2.18. The lowest BCUT2D eigenvalue weighted by molar-refractivity contribution is -0.138. The van der Waals surface area contributed by atoms with Crippen molar-refractivity contribution in [3.05, 3.63) is 34.3 Å². The van der Waals surface area contributed by atoms with Crippen LogP contribution in [0.5, 0.6) is 0 Å². The molecule has 0 bridgehead atoms. The van der Waals surface area contributed by atoms with Crippen molar-refractivity contribution < 1.29 is 26.3 Å². The molecule has 0 saturated carbocycles. The fraction of sp³-hybridized carbons (Fsp3) is 0.455. The Labute approximate surface area is 122 Å². The van der Waals surface area contributed by atoms with Gasteiger partial charge in [0, 0.05) is 12.5 Å². The van der Waals surface area contributed by atoms with Crippen LogP contribution >= 0.6 is 24.0 Å². The molecule has 1 aromatic carbocycles. The Balaban J connectivity index is 0.00000361. The zero-order valence-corrected chi connectivity index (χ0v) is 11.4. The Kier molecular flexibility index (Phi) is 6.64. The minimum atomic E-state index is -4.67. The lowest BCUT2D eigenvalue weighted by atomic mass is 10.00. The molecule has 0 fully saturated rings. The third-order valence-corrected chi connectivity index (χ3v) is 2.89. The molecule has 2 N–H and O–H groups in total. The van der Waals surface area contributed by atoms with Crippen LogP contribution in [-0.4, -0.2) is 6.18 Å². The van der Waals surface area contributed by atoms with E-state index in [1.807, 2.05) is 0 Å². The standard InChI is InChI=1S/C11H10ClF6N.ClH/c12-9-6(8(19)4-5-10(13,14)15)2-1-3-7(9)11(16,17)18;/h1-3,8H,4-5,19H2;1H/t8-;/m0./s1. The third kappa shape index (κ3) is 5.38. The van der Waals surface area contributed by atoms with Crippen molar-refractivity contribution in [3.8, 4) is 0 Å². The van der Waals surface area contributed by atoms with Gasteiger partial charge in [-0.25, -0.2) is 0 Å². The minimum Gasteiger partial charge on any atom is -0.324 e. The Morgan fingerprint density at radius 2 is 1.65 bits per heavy atom. The van der Waals surface area contributed by atoms with Crippen molar-refractivity contribution >= 4 is 24.0 Å². The number of alkyl halides is 6. The molecule has 0 saturated heterocycles. The van der Waals surface area contributed by atoms with Crippen LogP contribution < -0.4 is 5.73 Å². The fourth-order valence-electron chi connectivity index (χ4n) is 1.53. The first-order valence-electron chi connectivity index (χ1n) is 5.20. The van der Waals surface area contributed by atoms with Crippen LogP contribution in [0.4, 0.5) is 26.3 Å². The van der Waals surface area contributed by atoms with Crippen LogP contribution in [0.25, 0.3) is 0 Å². The third-order valence-electron chi connectivity index (χ3n) is 2.47. The van der Waals surface area contributed by atoms with Crippen LogP contribution in [0, 0.1) is 0 Å². The molecule has 1 rings (SSSR count). The molecule has 0 spiro atoms. The maximum absolute atomic E-state index is 12.6. The topological polar surface area (TPSA) is 26.0 Å². The van der Waals surface area contributed by atoms with E-state index < -0.39 is 41.8 Å². The van der Waals surface area contributed by atoms with Crippen molar-refractivity contribution in [2.45, 2.75) is 31.2 Å². The Bertz CT molecular complexity index is 444. The average molecular weight is 342 g/mol. The van der Waals surface area contributed by atoms with Crippen LogP contribution in [-0.2, 0) is 6.18 Å². The SMILES string of the molecule is Cl.N[C@@H](CCC(F)(F)F)c1cccc(C(F)(F)F)c1Cl. The van der Waals surface area contributed by atoms with Gasteiger partial charge in [-0.05, 0) is 18.1 Å². The molecule has 0 heterocycles. The summed E-state index contributed by atoms with van der Waals surface area (Å²) in [6, 6.07) is 1.81. The maximum atomic E-state index is 12.6. The number of nitrogens with two attached hydrogens (primary N) is 1. The van der Waals surface area contributed by atoms with E-state index in [1.54, 1.807) is 0 Å². The lowest BCUT2D eigenvalue weighted by Crippen LogP contribution is -2.17. The molecule has 0 aliphatic rings. The van der Waals surface area contributed by atoms with E-state index in [0.29, 0.717) is 0 Å². The first-order chi connectivity index (χ1) is 8.52. The fourth-order valence-corrected chi connectivity index (χ4v) is 1.90. The van der Waals surface area contributed by atoms with E-state index in [2.05, 4.69) is 0 Å². The summed E-state index contributed by atoms with van der Waals surface area (Å²) in [6.07, 6.45) is -10.8. The summed E-state index contributed by atoms with van der Waals surface area (Å²) in [7, 11) is 0. The molecule has 0 unspecified atom stereocenters. The Hall–Kier alpha value is -0.660. The van der Waals surface area contributed by atoms with Gasteiger partial charge >= 0.3 is 12.4 Å². The highest BCUT2D eigenvalue weighted by Crippen LogP contribution is 2.38. The summed E-state index contributed by atoms with van der Waals surface area (Å²) in [4.78, 5) is 0. The molecule has 1 atom stereocenters. The summed E-state index contributed by atoms with van der Waals surface area (Å²) in [5.74, 6) is 0. The van der Waals surface area contributed by atoms with Gasteiger partial charge in [0.25, 0.3) is 0 Å². The average Bonchev–Trinajstić information content (AvgIpc) is 2.23. The van der Waals surface area contributed by atoms with Gasteiger partial charge in [-0.1, -0.05) is 23.7 Å². The first kappa shape index (κ1) is 19.3. The van der Waals surface area contributed by atoms with E-state index >= 15 is 0 Å². The first-order valence-corrected chi connectivity index (χ1v) is 5.58. The summed E-state index contributed by atoms with van der Waals surface area (Å²) in [6.45, 7) is 0. The summed E-state index contributed by atoms with van der Waals surface area (Å²) in [5.41, 5.74) is 4.22. The second kappa shape index (κ2) is 6.87. The number of benzene rings is 1. The van der Waals surface area contributed by atoms with Crippen molar-refractivity contribution in [1.29, 1.82) is 0 Å². The van der Waals surface area contributed by atoms with Crippen molar-refractivity contribution in [2.75, 3.05) is 0 Å². The van der Waals surface area contributed by atoms with Gasteiger partial charge in [0.05, 0.1) is 10.6 Å². The zero-order valence-electron chi connectivity index (χ0n) is 9.85. The van der Waals surface area contributed by atoms with Gasteiger partial charge in [-0.3, -0.25) is 0 Å². The van der Waals surface area contributed by atoms with Crippen LogP contribution in [0.1, 0.15) is 30.0 Å². The molecule has 1 aromatic rings. The number of hydrogen-bond acceptors (Lipinski definition) is 1. The van der Waals surface area contributed by atoms with Crippen molar-refractivity contribution in [3.63, 3.8) is 0 Å². The van der Waals surface area contributed by atoms with E-state index in [0.717, 1.165) is 12.1 Å². The van der Waals surface area contributed by atoms with Gasteiger partial charge in [-0.15, -0.1) is 12.4 Å². The monoisotopic (exact) mass is 341 g/mol. The Morgan fingerprint density at radius 3 is 2.10 bits per heavy atom. The van der Waals surface area contributed by atoms with Gasteiger partial charge in [0.1, 0.15) is 0 Å². The largest absolute Gasteiger partial charge is 0.417 e. The smallest absolute Gasteiger partial charge is 0.324 e. The summed E-state index contributed by atoms with van der Waals surface area (Å²) < 4.78 is 73.8. The van der Waals surface area contributed by atoms with Crippen LogP contribution in [0.2, 0.25) is 5.02 Å². The highest BCUT2D eigenvalue weighted by Gasteiger charge is 2.35. The second-order valence-electron chi connectivity index (χ2n) is 3.97. The molecule has 0 aliphatic carbocycles. The number of hydrogen-bond donors (Lipinski definition) is 1. The van der Waals surface area contributed by atoms with Crippen molar-refractivity contribution in [2.24, 2.45) is 5.73 Å². The summed E-state index contributed by atoms with van der Waals surface area (Å²) >= 11 is 5.56. The highest BCUT2D eigenvalue weighted by atomic mass is 35.5. The van der Waals surface area contributed by atoms with E-state index in [1.165, 1.54) is 6.07 Å². The maximum Gasteiger partial charge on any atom is 0.417 e. The van der Waals surface area contributed by atoms with Crippen molar-refractivity contribution in [1.82, 2.24) is 0 Å². The van der Waals surface area contributed by atoms with Gasteiger partial charge < -0.3 is 5.73 Å². The molecular formula is C11H11Cl2F6N. The molecule has 0 aliphatic heterocycles. The predicted octanol–water partition coefficient (Wildman–Crippen LogP) is 5.12. The predicted molar refractivity (Wildman–Crippen MR) is 65.9 cm³/mol. The molecule has 1 nitrogen and oxygen atoms in total. The highest BCUT2D eigenvalue weighted by molar-refractivity contribution is 6.32. The molecular weight excluding hydrogens is 331 g/mol. The molecule has 0 amide bonds. The molecule has 116 valence electrons. The Morgan fingerprint density at radius 1 is 1.10 bits per heavy atom. The zero-order chi connectivity index (χ0) is 14.8. The second-order valence-corrected chi connectivity index (χ2v) is 4.34. The quantitative estimate of drug-likeness (QED) is 0.758. The van der Waals surface area contributed by atoms with Gasteiger partial charge in [-0.2, -0.15) is 26.3 Å². The van der Waals surface area contributed by atoms with E-state index in [-0.39, 0.29) is 18.0 Å². The van der Waals surface area contributed by atoms with Gasteiger partial charge in [0.15, 0.2) is 0 Å². The molecule has 20 heavy (non-hydrogen) atoms. The van der Waals surface area contributed by atoms with E-state index in [4.69, 9.17) is 17.3 Å². The number of rotatable bonds is 3. The van der Waals surface area contributed by atoms with E-state index in [9.17, 15) is 26.3 Å². The molecule has 0 radical (unpaired) electrons. The molecule has 9 heteroatoms. The number of halogens is 8. The normalized spacial score (nSPS) is 13.8. The minimum absolute atomic E-state index is 0. The van der Waals surface area contributed by atoms with Gasteiger partial charge in [0.2, 0.25) is 0 Å². The molecule has 0 aromatic heterocycles. The van der Waals surface area contributed by atoms with Crippen LogP contribution in [0.3, 0.4) is 0 Å².